The van der Waals surface area contributed by atoms with Crippen molar-refractivity contribution in [2.45, 2.75) is 58.7 Å². The van der Waals surface area contributed by atoms with Gasteiger partial charge in [-0.3, -0.25) is 0 Å². The summed E-state index contributed by atoms with van der Waals surface area (Å²) in [4.78, 5) is 1.37. The van der Waals surface area contributed by atoms with Crippen LogP contribution >= 0.6 is 11.3 Å². The molecule has 21 heavy (non-hydrogen) atoms. The maximum absolute atomic E-state index is 9.97. The summed E-state index contributed by atoms with van der Waals surface area (Å²) in [6.45, 7) is 12.7. The monoisotopic (exact) mass is 313 g/mol. The second-order valence-corrected chi connectivity index (χ2v) is 7.87. The van der Waals surface area contributed by atoms with Gasteiger partial charge in [-0.2, -0.15) is 0 Å². The van der Waals surface area contributed by atoms with Crippen LogP contribution in [-0.4, -0.2) is 37.0 Å². The van der Waals surface area contributed by atoms with E-state index in [0.717, 1.165) is 13.0 Å². The molecule has 0 aliphatic rings. The van der Waals surface area contributed by atoms with Crippen LogP contribution in [0.15, 0.2) is 17.5 Å². The molecule has 2 N–H and O–H groups in total. The van der Waals surface area contributed by atoms with Crippen LogP contribution in [0.2, 0.25) is 0 Å². The lowest BCUT2D eigenvalue weighted by atomic mass is 9.91. The molecule has 4 heteroatoms. The molecule has 2 atom stereocenters. The van der Waals surface area contributed by atoms with Gasteiger partial charge < -0.3 is 15.2 Å². The van der Waals surface area contributed by atoms with Gasteiger partial charge in [0.2, 0.25) is 0 Å². The lowest BCUT2D eigenvalue weighted by Crippen LogP contribution is -2.38. The summed E-state index contributed by atoms with van der Waals surface area (Å²) in [5.41, 5.74) is 0.0969. The zero-order valence-corrected chi connectivity index (χ0v) is 14.9. The van der Waals surface area contributed by atoms with Crippen molar-refractivity contribution in [2.75, 3.05) is 19.7 Å². The summed E-state index contributed by atoms with van der Waals surface area (Å²) in [5.74, 6) is 0.627. The highest BCUT2D eigenvalue weighted by Crippen LogP contribution is 2.26. The Hall–Kier alpha value is -0.420. The van der Waals surface area contributed by atoms with Crippen molar-refractivity contribution in [3.8, 4) is 0 Å². The van der Waals surface area contributed by atoms with E-state index >= 15 is 0 Å². The minimum atomic E-state index is -0.446. The number of rotatable bonds is 10. The van der Waals surface area contributed by atoms with E-state index in [2.05, 4.69) is 57.4 Å². The third kappa shape index (κ3) is 7.41. The summed E-state index contributed by atoms with van der Waals surface area (Å²) in [6, 6.07) is 4.25. The van der Waals surface area contributed by atoms with Crippen LogP contribution in [0.3, 0.4) is 0 Å². The SMILES string of the molecule is CC(C)CC(C)OCC(O)CNCC(C)(C)c1cccs1. The smallest absolute Gasteiger partial charge is 0.0897 e. The molecule has 0 aliphatic heterocycles. The molecule has 1 aromatic rings. The quantitative estimate of drug-likeness (QED) is 0.695. The molecule has 0 bridgehead atoms. The van der Waals surface area contributed by atoms with Gasteiger partial charge in [0.05, 0.1) is 18.8 Å². The first-order valence-corrected chi connectivity index (χ1v) is 8.73. The molecular weight excluding hydrogens is 282 g/mol. The average Bonchev–Trinajstić information content (AvgIpc) is 2.90. The second-order valence-electron chi connectivity index (χ2n) is 6.92. The van der Waals surface area contributed by atoms with Crippen molar-refractivity contribution in [3.63, 3.8) is 0 Å². The third-order valence-electron chi connectivity index (χ3n) is 3.51. The van der Waals surface area contributed by atoms with E-state index in [1.54, 1.807) is 11.3 Å². The fourth-order valence-electron chi connectivity index (χ4n) is 2.37. The zero-order valence-electron chi connectivity index (χ0n) is 14.1. The lowest BCUT2D eigenvalue weighted by Gasteiger charge is -2.25. The van der Waals surface area contributed by atoms with Crippen LogP contribution in [0.4, 0.5) is 0 Å². The second kappa shape index (κ2) is 8.89. The molecule has 0 aliphatic carbocycles. The normalized spacial score (nSPS) is 15.4. The maximum atomic E-state index is 9.97. The van der Waals surface area contributed by atoms with Crippen LogP contribution in [0.25, 0.3) is 0 Å². The fourth-order valence-corrected chi connectivity index (χ4v) is 3.22. The molecular formula is C17H31NO2S. The number of thiophene rings is 1. The van der Waals surface area contributed by atoms with Gasteiger partial charge in [-0.1, -0.05) is 33.8 Å². The number of aliphatic hydroxyl groups excluding tert-OH is 1. The Morgan fingerprint density at radius 1 is 1.33 bits per heavy atom. The van der Waals surface area contributed by atoms with E-state index in [0.29, 0.717) is 19.1 Å². The number of ether oxygens (including phenoxy) is 1. The lowest BCUT2D eigenvalue weighted by molar-refractivity contribution is -0.00871. The molecule has 3 nitrogen and oxygen atoms in total. The first-order valence-electron chi connectivity index (χ1n) is 7.85. The van der Waals surface area contributed by atoms with E-state index in [-0.39, 0.29) is 11.5 Å². The first-order chi connectivity index (χ1) is 9.81. The molecule has 1 rings (SSSR count). The van der Waals surface area contributed by atoms with Gasteiger partial charge in [0.25, 0.3) is 0 Å². The van der Waals surface area contributed by atoms with Crippen LogP contribution in [-0.2, 0) is 10.2 Å². The van der Waals surface area contributed by atoms with Crippen molar-refractivity contribution in [2.24, 2.45) is 5.92 Å². The molecule has 0 aromatic carbocycles. The highest BCUT2D eigenvalue weighted by atomic mass is 32.1. The predicted octanol–water partition coefficient (Wildman–Crippen LogP) is 3.43. The van der Waals surface area contributed by atoms with Gasteiger partial charge in [-0.25, -0.2) is 0 Å². The highest BCUT2D eigenvalue weighted by Gasteiger charge is 2.21. The van der Waals surface area contributed by atoms with Crippen LogP contribution in [0.1, 0.15) is 45.9 Å². The number of nitrogens with one attached hydrogen (secondary N) is 1. The molecule has 0 amide bonds. The molecule has 0 saturated heterocycles. The van der Waals surface area contributed by atoms with Gasteiger partial charge in [-0.05, 0) is 30.7 Å². The molecule has 0 saturated carbocycles. The largest absolute Gasteiger partial charge is 0.389 e. The predicted molar refractivity (Wildman–Crippen MR) is 91.1 cm³/mol. The molecule has 0 fully saturated rings. The number of aliphatic hydroxyl groups is 1. The van der Waals surface area contributed by atoms with Crippen molar-refractivity contribution in [1.29, 1.82) is 0 Å². The Balaban J connectivity index is 2.20. The maximum Gasteiger partial charge on any atom is 0.0897 e. The molecule has 0 spiro atoms. The Bertz CT molecular complexity index is 376. The Kier molecular flexibility index (Phi) is 7.88. The molecule has 2 unspecified atom stereocenters. The van der Waals surface area contributed by atoms with Gasteiger partial charge >= 0.3 is 0 Å². The van der Waals surface area contributed by atoms with E-state index in [4.69, 9.17) is 4.74 Å². The zero-order chi connectivity index (χ0) is 15.9. The van der Waals surface area contributed by atoms with Crippen molar-refractivity contribution < 1.29 is 9.84 Å². The Morgan fingerprint density at radius 2 is 2.05 bits per heavy atom. The topological polar surface area (TPSA) is 41.5 Å². The number of hydrogen-bond acceptors (Lipinski definition) is 4. The van der Waals surface area contributed by atoms with Gasteiger partial charge in [-0.15, -0.1) is 11.3 Å². The Labute approximate surface area is 133 Å². The van der Waals surface area contributed by atoms with Crippen LogP contribution in [0, 0.1) is 5.92 Å². The van der Waals surface area contributed by atoms with Crippen molar-refractivity contribution in [1.82, 2.24) is 5.32 Å². The van der Waals surface area contributed by atoms with Crippen LogP contribution < -0.4 is 5.32 Å². The molecule has 1 heterocycles. The number of hydrogen-bond donors (Lipinski definition) is 2. The summed E-state index contributed by atoms with van der Waals surface area (Å²) >= 11 is 1.78. The summed E-state index contributed by atoms with van der Waals surface area (Å²) in [7, 11) is 0. The summed E-state index contributed by atoms with van der Waals surface area (Å²) in [5, 5.41) is 15.4. The van der Waals surface area contributed by atoms with Gasteiger partial charge in [0.1, 0.15) is 0 Å². The first kappa shape index (κ1) is 18.6. The minimum absolute atomic E-state index is 0.0969. The summed E-state index contributed by atoms with van der Waals surface area (Å²) in [6.07, 6.45) is 0.798. The van der Waals surface area contributed by atoms with E-state index in [9.17, 15) is 5.11 Å². The van der Waals surface area contributed by atoms with Gasteiger partial charge in [0, 0.05) is 23.4 Å². The molecule has 1 aromatic heterocycles. The molecule has 0 radical (unpaired) electrons. The highest BCUT2D eigenvalue weighted by molar-refractivity contribution is 7.10. The third-order valence-corrected chi connectivity index (χ3v) is 4.75. The summed E-state index contributed by atoms with van der Waals surface area (Å²) < 4.78 is 5.68. The Morgan fingerprint density at radius 3 is 2.62 bits per heavy atom. The standard InChI is InChI=1S/C17H31NO2S/c1-13(2)9-14(3)20-11-15(19)10-18-12-17(4,5)16-7-6-8-21-16/h6-8,13-15,18-19H,9-12H2,1-5H3. The average molecular weight is 314 g/mol. The van der Waals surface area contributed by atoms with Crippen LogP contribution in [0.5, 0.6) is 0 Å². The fraction of sp³-hybridized carbons (Fsp3) is 0.765. The van der Waals surface area contributed by atoms with Gasteiger partial charge in [0.15, 0.2) is 0 Å². The van der Waals surface area contributed by atoms with Crippen molar-refractivity contribution in [3.05, 3.63) is 22.4 Å². The van der Waals surface area contributed by atoms with E-state index < -0.39 is 6.10 Å². The molecule has 122 valence electrons. The van der Waals surface area contributed by atoms with E-state index in [1.807, 2.05) is 0 Å². The van der Waals surface area contributed by atoms with E-state index in [1.165, 1.54) is 4.88 Å². The van der Waals surface area contributed by atoms with Crippen molar-refractivity contribution >= 4 is 11.3 Å². The minimum Gasteiger partial charge on any atom is -0.389 e.